The predicted octanol–water partition coefficient (Wildman–Crippen LogP) is 0.384. The highest BCUT2D eigenvalue weighted by Crippen LogP contribution is 1.94. The molecule has 0 saturated carbocycles. The van der Waals surface area contributed by atoms with Gasteiger partial charge < -0.3 is 9.80 Å². The normalized spacial score (nSPS) is 8.50. The van der Waals surface area contributed by atoms with Gasteiger partial charge in [0.1, 0.15) is 5.82 Å². The fraction of sp³-hybridized carbons (Fsp3) is 0.667. The van der Waals surface area contributed by atoms with E-state index in [4.69, 9.17) is 6.58 Å². The molecular formula is C6H13N2. The molecule has 0 aliphatic heterocycles. The molecule has 0 unspecified atom stereocenters. The second-order valence-corrected chi connectivity index (χ2v) is 2.15. The van der Waals surface area contributed by atoms with E-state index < -0.39 is 0 Å². The van der Waals surface area contributed by atoms with Crippen molar-refractivity contribution in [3.05, 3.63) is 12.4 Å². The molecule has 0 aliphatic carbocycles. The molecule has 0 bridgehead atoms. The van der Waals surface area contributed by atoms with Crippen LogP contribution in [-0.2, 0) is 0 Å². The lowest BCUT2D eigenvalue weighted by atomic mass is 10.6. The molecular weight excluding hydrogens is 100 g/mol. The van der Waals surface area contributed by atoms with Crippen LogP contribution in [0.2, 0.25) is 0 Å². The first kappa shape index (κ1) is 7.34. The zero-order chi connectivity index (χ0) is 6.73. The van der Waals surface area contributed by atoms with Gasteiger partial charge in [0, 0.05) is 28.2 Å². The number of rotatable bonds is 2. The van der Waals surface area contributed by atoms with Crippen molar-refractivity contribution in [1.82, 2.24) is 9.80 Å². The van der Waals surface area contributed by atoms with Gasteiger partial charge in [-0.1, -0.05) is 0 Å². The Bertz CT molecular complexity index is 74.5. The van der Waals surface area contributed by atoms with E-state index >= 15 is 0 Å². The Morgan fingerprint density at radius 2 is 1.25 bits per heavy atom. The average molecular weight is 113 g/mol. The largest absolute Gasteiger partial charge is 0.364 e. The van der Waals surface area contributed by atoms with Crippen LogP contribution in [0.25, 0.3) is 0 Å². The smallest absolute Gasteiger partial charge is 0.103 e. The van der Waals surface area contributed by atoms with Crippen LogP contribution in [0, 0.1) is 6.58 Å². The minimum absolute atomic E-state index is 0.769. The van der Waals surface area contributed by atoms with E-state index in [1.165, 1.54) is 0 Å². The minimum Gasteiger partial charge on any atom is -0.364 e. The maximum atomic E-state index is 5.53. The van der Waals surface area contributed by atoms with Gasteiger partial charge >= 0.3 is 0 Å². The van der Waals surface area contributed by atoms with Gasteiger partial charge in [-0.15, -0.1) is 0 Å². The van der Waals surface area contributed by atoms with Gasteiger partial charge in [-0.2, -0.15) is 0 Å². The lowest BCUT2D eigenvalue weighted by molar-refractivity contribution is 0.343. The highest BCUT2D eigenvalue weighted by molar-refractivity contribution is 4.82. The van der Waals surface area contributed by atoms with Gasteiger partial charge in [0.05, 0.1) is 0 Å². The molecule has 0 N–H and O–H groups in total. The highest BCUT2D eigenvalue weighted by atomic mass is 15.3. The van der Waals surface area contributed by atoms with Crippen LogP contribution < -0.4 is 0 Å². The van der Waals surface area contributed by atoms with Crippen LogP contribution in [0.3, 0.4) is 0 Å². The molecule has 0 aromatic carbocycles. The number of hydrogen-bond donors (Lipinski definition) is 0. The quantitative estimate of drug-likeness (QED) is 0.511. The van der Waals surface area contributed by atoms with Crippen molar-refractivity contribution in [1.29, 1.82) is 0 Å². The molecule has 0 saturated heterocycles. The zero-order valence-electron chi connectivity index (χ0n) is 5.97. The zero-order valence-corrected chi connectivity index (χ0v) is 5.97. The van der Waals surface area contributed by atoms with E-state index in [1.54, 1.807) is 0 Å². The predicted molar refractivity (Wildman–Crippen MR) is 35.2 cm³/mol. The molecule has 1 radical (unpaired) electrons. The Labute approximate surface area is 51.4 Å². The molecule has 0 aromatic rings. The molecule has 0 amide bonds. The van der Waals surface area contributed by atoms with Crippen molar-refractivity contribution in [2.75, 3.05) is 28.2 Å². The van der Waals surface area contributed by atoms with Crippen molar-refractivity contribution in [3.8, 4) is 0 Å². The summed E-state index contributed by atoms with van der Waals surface area (Å²) in [6, 6.07) is 0. The molecule has 0 heterocycles. The van der Waals surface area contributed by atoms with Gasteiger partial charge in [0.15, 0.2) is 0 Å². The van der Waals surface area contributed by atoms with Crippen LogP contribution in [0.15, 0.2) is 5.82 Å². The van der Waals surface area contributed by atoms with Crippen molar-refractivity contribution in [2.45, 2.75) is 0 Å². The van der Waals surface area contributed by atoms with E-state index in [1.807, 2.05) is 38.0 Å². The maximum Gasteiger partial charge on any atom is 0.103 e. The molecule has 2 heteroatoms. The van der Waals surface area contributed by atoms with E-state index in [-0.39, 0.29) is 0 Å². The first-order valence-electron chi connectivity index (χ1n) is 2.52. The van der Waals surface area contributed by atoms with Crippen molar-refractivity contribution < 1.29 is 0 Å². The summed E-state index contributed by atoms with van der Waals surface area (Å²) in [6.45, 7) is 5.53. The summed E-state index contributed by atoms with van der Waals surface area (Å²) in [6.07, 6.45) is 0. The fourth-order valence-electron chi connectivity index (χ4n) is 0.400. The van der Waals surface area contributed by atoms with Crippen LogP contribution in [0.1, 0.15) is 0 Å². The summed E-state index contributed by atoms with van der Waals surface area (Å²) in [7, 11) is 7.65. The second kappa shape index (κ2) is 2.60. The van der Waals surface area contributed by atoms with Crippen LogP contribution in [0.4, 0.5) is 0 Å². The number of nitrogens with zero attached hydrogens (tertiary/aromatic N) is 2. The first-order valence-corrected chi connectivity index (χ1v) is 2.52. The second-order valence-electron chi connectivity index (χ2n) is 2.15. The Balaban J connectivity index is 3.65. The van der Waals surface area contributed by atoms with E-state index in [9.17, 15) is 0 Å². The van der Waals surface area contributed by atoms with Gasteiger partial charge in [0.2, 0.25) is 0 Å². The minimum atomic E-state index is 0.769. The van der Waals surface area contributed by atoms with Gasteiger partial charge in [-0.25, -0.2) is 0 Å². The monoisotopic (exact) mass is 113 g/mol. The third kappa shape index (κ3) is 1.87. The van der Waals surface area contributed by atoms with Crippen LogP contribution in [-0.4, -0.2) is 38.0 Å². The van der Waals surface area contributed by atoms with Crippen LogP contribution >= 0.6 is 0 Å². The third-order valence-electron chi connectivity index (χ3n) is 0.916. The van der Waals surface area contributed by atoms with Gasteiger partial charge in [0.25, 0.3) is 0 Å². The summed E-state index contributed by atoms with van der Waals surface area (Å²) in [5, 5.41) is 0. The number of hydrogen-bond acceptors (Lipinski definition) is 2. The topological polar surface area (TPSA) is 6.48 Å². The van der Waals surface area contributed by atoms with E-state index in [2.05, 4.69) is 0 Å². The van der Waals surface area contributed by atoms with Gasteiger partial charge in [-0.3, -0.25) is 0 Å². The molecule has 0 atom stereocenters. The van der Waals surface area contributed by atoms with Crippen LogP contribution in [0.5, 0.6) is 0 Å². The molecule has 0 aromatic heterocycles. The lowest BCUT2D eigenvalue weighted by Gasteiger charge is -2.22. The fourth-order valence-corrected chi connectivity index (χ4v) is 0.400. The van der Waals surface area contributed by atoms with Crippen molar-refractivity contribution >= 4 is 0 Å². The first-order chi connectivity index (χ1) is 3.55. The van der Waals surface area contributed by atoms with Crippen molar-refractivity contribution in [3.63, 3.8) is 0 Å². The summed E-state index contributed by atoms with van der Waals surface area (Å²) in [5.74, 6) is 0.769. The lowest BCUT2D eigenvalue weighted by Crippen LogP contribution is -2.23. The molecule has 0 rings (SSSR count). The Morgan fingerprint density at radius 3 is 1.25 bits per heavy atom. The Hall–Kier alpha value is -0.660. The summed E-state index contributed by atoms with van der Waals surface area (Å²) in [4.78, 5) is 3.72. The summed E-state index contributed by atoms with van der Waals surface area (Å²) in [5.41, 5.74) is 0. The summed E-state index contributed by atoms with van der Waals surface area (Å²) < 4.78 is 0. The molecule has 0 spiro atoms. The Kier molecular flexibility index (Phi) is 2.38. The SMILES string of the molecule is [CH]=C(N(C)C)N(C)C. The summed E-state index contributed by atoms with van der Waals surface area (Å²) >= 11 is 0. The highest BCUT2D eigenvalue weighted by Gasteiger charge is 1.94. The standard InChI is InChI=1S/C6H13N2/c1-6(7(2)3)8(4)5/h1H,2-5H3. The van der Waals surface area contributed by atoms with E-state index in [0.717, 1.165) is 5.82 Å². The molecule has 0 fully saturated rings. The molecule has 2 nitrogen and oxygen atoms in total. The third-order valence-corrected chi connectivity index (χ3v) is 0.916. The van der Waals surface area contributed by atoms with E-state index in [0.29, 0.717) is 0 Å². The molecule has 0 aliphatic rings. The molecule has 8 heavy (non-hydrogen) atoms. The maximum absolute atomic E-state index is 5.53. The van der Waals surface area contributed by atoms with Gasteiger partial charge in [-0.05, 0) is 6.58 Å². The average Bonchev–Trinajstić information content (AvgIpc) is 1.64. The Morgan fingerprint density at radius 1 is 1.00 bits per heavy atom. The molecule has 47 valence electrons. The van der Waals surface area contributed by atoms with Crippen molar-refractivity contribution in [2.24, 2.45) is 0 Å².